The molecule has 2 aromatic carbocycles. The number of hydrogen-bond donors (Lipinski definition) is 0. The molecule has 10 heteroatoms. The zero-order valence-corrected chi connectivity index (χ0v) is 16.6. The number of halogens is 1. The van der Waals surface area contributed by atoms with Crippen molar-refractivity contribution in [2.45, 2.75) is 13.0 Å². The van der Waals surface area contributed by atoms with Gasteiger partial charge in [0.2, 0.25) is 11.7 Å². The number of benzene rings is 2. The maximum absolute atomic E-state index is 14.0. The number of carbonyl (C=O) groups is 1. The van der Waals surface area contributed by atoms with E-state index in [0.29, 0.717) is 56.2 Å². The van der Waals surface area contributed by atoms with E-state index in [9.17, 15) is 9.18 Å². The maximum Gasteiger partial charge on any atom is 0.261 e. The van der Waals surface area contributed by atoms with Crippen LogP contribution in [0.3, 0.4) is 0 Å². The molecule has 1 amide bonds. The lowest BCUT2D eigenvalue weighted by Crippen LogP contribution is -2.41. The van der Waals surface area contributed by atoms with Crippen molar-refractivity contribution in [2.24, 2.45) is 0 Å². The summed E-state index contributed by atoms with van der Waals surface area (Å²) in [5.74, 6) is 0.0921. The minimum absolute atomic E-state index is 0.0797. The average molecular weight is 422 g/mol. The Kier molecular flexibility index (Phi) is 5.13. The molecular weight excluding hydrogens is 403 g/mol. The van der Waals surface area contributed by atoms with Gasteiger partial charge in [-0.3, -0.25) is 4.79 Å². The van der Waals surface area contributed by atoms with Crippen molar-refractivity contribution in [3.05, 3.63) is 48.3 Å². The van der Waals surface area contributed by atoms with Crippen LogP contribution < -0.4 is 0 Å². The fourth-order valence-corrected chi connectivity index (χ4v) is 3.53. The van der Waals surface area contributed by atoms with Crippen LogP contribution in [0.15, 0.2) is 47.0 Å². The summed E-state index contributed by atoms with van der Waals surface area (Å²) >= 11 is 0. The van der Waals surface area contributed by atoms with E-state index in [2.05, 4.69) is 20.5 Å². The summed E-state index contributed by atoms with van der Waals surface area (Å²) in [5, 5.41) is 12.3. The number of ether oxygens (including phenoxy) is 1. The highest BCUT2D eigenvalue weighted by atomic mass is 19.1. The molecule has 0 atom stereocenters. The van der Waals surface area contributed by atoms with E-state index < -0.39 is 5.82 Å². The van der Waals surface area contributed by atoms with Crippen LogP contribution in [0, 0.1) is 5.82 Å². The summed E-state index contributed by atoms with van der Waals surface area (Å²) < 4.78 is 26.2. The van der Waals surface area contributed by atoms with E-state index in [4.69, 9.17) is 9.26 Å². The molecule has 1 fully saturated rings. The number of aryl methyl sites for hydroxylation is 1. The van der Waals surface area contributed by atoms with E-state index in [1.807, 2.05) is 17.0 Å². The van der Waals surface area contributed by atoms with Gasteiger partial charge in [-0.2, -0.15) is 4.98 Å². The zero-order chi connectivity index (χ0) is 21.2. The van der Waals surface area contributed by atoms with Crippen LogP contribution in [0.25, 0.3) is 33.9 Å². The first kappa shape index (κ1) is 19.3. The van der Waals surface area contributed by atoms with Crippen LogP contribution in [0.1, 0.15) is 6.42 Å². The molecule has 0 radical (unpaired) electrons. The number of fused-ring (bicyclic) bond motifs is 1. The number of carbonyl (C=O) groups excluding carboxylic acids is 1. The normalized spacial score (nSPS) is 14.3. The molecule has 0 N–H and O–H groups in total. The molecule has 3 heterocycles. The standard InChI is InChI=1S/C21H19FN6O3/c22-16-4-2-1-3-15(16)21-23-20(25-31-21)14-5-6-18-17(13-14)24-26-28(18)8-7-19(29)27-9-11-30-12-10-27/h1-6,13H,7-12H2. The van der Waals surface area contributed by atoms with Crippen molar-refractivity contribution < 1.29 is 18.4 Å². The smallest absolute Gasteiger partial charge is 0.261 e. The van der Waals surface area contributed by atoms with Gasteiger partial charge in [0.1, 0.15) is 11.3 Å². The molecule has 1 aliphatic rings. The van der Waals surface area contributed by atoms with Gasteiger partial charge in [0.05, 0.1) is 30.8 Å². The molecule has 0 aliphatic carbocycles. The molecule has 1 aliphatic heterocycles. The number of aromatic nitrogens is 5. The van der Waals surface area contributed by atoms with Gasteiger partial charge in [-0.05, 0) is 30.3 Å². The summed E-state index contributed by atoms with van der Waals surface area (Å²) in [7, 11) is 0. The highest BCUT2D eigenvalue weighted by Gasteiger charge is 2.18. The van der Waals surface area contributed by atoms with Gasteiger partial charge in [0.25, 0.3) is 5.89 Å². The molecule has 1 saturated heterocycles. The summed E-state index contributed by atoms with van der Waals surface area (Å²) in [5.41, 5.74) is 2.37. The molecule has 0 unspecified atom stereocenters. The van der Waals surface area contributed by atoms with Crippen molar-refractivity contribution in [3.63, 3.8) is 0 Å². The van der Waals surface area contributed by atoms with Gasteiger partial charge >= 0.3 is 0 Å². The number of hydrogen-bond acceptors (Lipinski definition) is 7. The lowest BCUT2D eigenvalue weighted by atomic mass is 10.2. The highest BCUT2D eigenvalue weighted by Crippen LogP contribution is 2.26. The zero-order valence-electron chi connectivity index (χ0n) is 16.6. The van der Waals surface area contributed by atoms with Crippen LogP contribution in [0.5, 0.6) is 0 Å². The van der Waals surface area contributed by atoms with Gasteiger partial charge in [-0.1, -0.05) is 22.5 Å². The monoisotopic (exact) mass is 422 g/mol. The minimum Gasteiger partial charge on any atom is -0.378 e. The predicted molar refractivity (Wildman–Crippen MR) is 108 cm³/mol. The van der Waals surface area contributed by atoms with Crippen molar-refractivity contribution in [2.75, 3.05) is 26.3 Å². The van der Waals surface area contributed by atoms with Gasteiger partial charge in [-0.25, -0.2) is 9.07 Å². The molecule has 0 saturated carbocycles. The SMILES string of the molecule is O=C(CCn1nnc2cc(-c3noc(-c4ccccc4F)n3)ccc21)N1CCOCC1. The van der Waals surface area contributed by atoms with E-state index in [-0.39, 0.29) is 17.4 Å². The summed E-state index contributed by atoms with van der Waals surface area (Å²) in [4.78, 5) is 18.5. The lowest BCUT2D eigenvalue weighted by Gasteiger charge is -2.26. The van der Waals surface area contributed by atoms with Crippen molar-refractivity contribution in [1.82, 2.24) is 30.0 Å². The van der Waals surface area contributed by atoms with Crippen LogP contribution in [-0.2, 0) is 16.1 Å². The first-order valence-corrected chi connectivity index (χ1v) is 9.97. The first-order chi connectivity index (χ1) is 15.2. The maximum atomic E-state index is 14.0. The Morgan fingerprint density at radius 2 is 1.97 bits per heavy atom. The Bertz CT molecular complexity index is 1230. The van der Waals surface area contributed by atoms with E-state index in [0.717, 1.165) is 5.52 Å². The molecule has 31 heavy (non-hydrogen) atoms. The van der Waals surface area contributed by atoms with Crippen molar-refractivity contribution in [1.29, 1.82) is 0 Å². The second-order valence-corrected chi connectivity index (χ2v) is 7.16. The second-order valence-electron chi connectivity index (χ2n) is 7.16. The van der Waals surface area contributed by atoms with Gasteiger partial charge in [0, 0.05) is 25.1 Å². The minimum atomic E-state index is -0.428. The Balaban J connectivity index is 1.33. The Hall–Kier alpha value is -3.66. The Morgan fingerprint density at radius 3 is 2.81 bits per heavy atom. The molecular formula is C21H19FN6O3. The van der Waals surface area contributed by atoms with Gasteiger partial charge in [-0.15, -0.1) is 5.10 Å². The quantitative estimate of drug-likeness (QED) is 0.487. The highest BCUT2D eigenvalue weighted by molar-refractivity contribution is 5.80. The molecule has 0 bridgehead atoms. The topological polar surface area (TPSA) is 99.2 Å². The largest absolute Gasteiger partial charge is 0.378 e. The first-order valence-electron chi connectivity index (χ1n) is 9.97. The lowest BCUT2D eigenvalue weighted by molar-refractivity contribution is -0.135. The number of morpholine rings is 1. The summed E-state index contributed by atoms with van der Waals surface area (Å²) in [6.07, 6.45) is 0.344. The van der Waals surface area contributed by atoms with Gasteiger partial charge in [0.15, 0.2) is 0 Å². The third kappa shape index (κ3) is 3.89. The van der Waals surface area contributed by atoms with Crippen LogP contribution >= 0.6 is 0 Å². The average Bonchev–Trinajstić information content (AvgIpc) is 3.45. The van der Waals surface area contributed by atoms with Crippen LogP contribution in [0.4, 0.5) is 4.39 Å². The fourth-order valence-electron chi connectivity index (χ4n) is 3.53. The Labute approximate surface area is 176 Å². The van der Waals surface area contributed by atoms with E-state index >= 15 is 0 Å². The number of nitrogens with zero attached hydrogens (tertiary/aromatic N) is 6. The summed E-state index contributed by atoms with van der Waals surface area (Å²) in [6.45, 7) is 2.84. The van der Waals surface area contributed by atoms with Crippen LogP contribution in [0.2, 0.25) is 0 Å². The predicted octanol–water partition coefficient (Wildman–Crippen LogP) is 2.54. The second kappa shape index (κ2) is 8.23. The number of amides is 1. The van der Waals surface area contributed by atoms with E-state index in [1.165, 1.54) is 6.07 Å². The Morgan fingerprint density at radius 1 is 1.13 bits per heavy atom. The van der Waals surface area contributed by atoms with Crippen LogP contribution in [-0.4, -0.2) is 62.2 Å². The number of rotatable bonds is 5. The molecule has 158 valence electrons. The van der Waals surface area contributed by atoms with Crippen molar-refractivity contribution in [3.8, 4) is 22.8 Å². The molecule has 5 rings (SSSR count). The molecule has 4 aromatic rings. The third-order valence-corrected chi connectivity index (χ3v) is 5.20. The molecule has 9 nitrogen and oxygen atoms in total. The fraction of sp³-hybridized carbons (Fsp3) is 0.286. The van der Waals surface area contributed by atoms with E-state index in [1.54, 1.807) is 28.9 Å². The van der Waals surface area contributed by atoms with Gasteiger partial charge < -0.3 is 14.2 Å². The van der Waals surface area contributed by atoms with Crippen molar-refractivity contribution >= 4 is 16.9 Å². The summed E-state index contributed by atoms with van der Waals surface area (Å²) in [6, 6.07) is 11.7. The molecule has 2 aromatic heterocycles. The molecule has 0 spiro atoms. The third-order valence-electron chi connectivity index (χ3n) is 5.20.